The summed E-state index contributed by atoms with van der Waals surface area (Å²) in [7, 11) is 0. The maximum atomic E-state index is 5.35. The SMILES string of the molecule is Clc1cnns1.[Na+].[S-]c1cnns1. The maximum absolute atomic E-state index is 5.35. The molecule has 0 saturated carbocycles. The molecule has 0 spiro atoms. The van der Waals surface area contributed by atoms with Gasteiger partial charge >= 0.3 is 29.6 Å². The van der Waals surface area contributed by atoms with Crippen LogP contribution in [-0.2, 0) is 12.6 Å². The van der Waals surface area contributed by atoms with Gasteiger partial charge in [0.25, 0.3) is 0 Å². The molecular weight excluding hydrogens is 259 g/mol. The van der Waals surface area contributed by atoms with E-state index >= 15 is 0 Å². The quantitative estimate of drug-likeness (QED) is 0.433. The minimum absolute atomic E-state index is 0. The summed E-state index contributed by atoms with van der Waals surface area (Å²) < 4.78 is 8.37. The van der Waals surface area contributed by atoms with E-state index in [4.69, 9.17) is 11.6 Å². The molecule has 0 aromatic carbocycles. The first-order valence-corrected chi connectivity index (χ1v) is 4.99. The first-order valence-electron chi connectivity index (χ1n) is 2.66. The van der Waals surface area contributed by atoms with Gasteiger partial charge in [-0.15, -0.1) is 5.10 Å². The molecule has 0 aliphatic rings. The average Bonchev–Trinajstić information content (AvgIpc) is 2.63. The molecule has 0 aliphatic carbocycles. The molecule has 4 nitrogen and oxygen atoms in total. The van der Waals surface area contributed by atoms with Gasteiger partial charge in [-0.3, -0.25) is 0 Å². The van der Waals surface area contributed by atoms with Crippen LogP contribution in [0.1, 0.15) is 0 Å². The van der Waals surface area contributed by atoms with Crippen molar-refractivity contribution < 1.29 is 29.6 Å². The predicted octanol–water partition coefficient (Wildman–Crippen LogP) is -1.36. The molecule has 0 saturated heterocycles. The second-order valence-electron chi connectivity index (χ2n) is 1.46. The van der Waals surface area contributed by atoms with Gasteiger partial charge in [0, 0.05) is 17.7 Å². The summed E-state index contributed by atoms with van der Waals surface area (Å²) in [4.78, 5) is 0. The van der Waals surface area contributed by atoms with Gasteiger partial charge in [0.2, 0.25) is 0 Å². The zero-order chi connectivity index (χ0) is 8.81. The van der Waals surface area contributed by atoms with Gasteiger partial charge < -0.3 is 12.6 Å². The Kier molecular flexibility index (Phi) is 8.37. The summed E-state index contributed by atoms with van der Waals surface area (Å²) >= 11 is 12.4. The van der Waals surface area contributed by atoms with Crippen LogP contribution in [0.15, 0.2) is 16.6 Å². The fourth-order valence-corrected chi connectivity index (χ4v) is 1.13. The van der Waals surface area contributed by atoms with E-state index in [0.29, 0.717) is 4.34 Å². The molecule has 0 amide bonds. The van der Waals surface area contributed by atoms with Crippen molar-refractivity contribution in [2.24, 2.45) is 0 Å². The first kappa shape index (κ1) is 13.6. The van der Waals surface area contributed by atoms with Crippen LogP contribution in [0.4, 0.5) is 0 Å². The van der Waals surface area contributed by atoms with E-state index in [9.17, 15) is 0 Å². The predicted molar refractivity (Wildman–Crippen MR) is 50.5 cm³/mol. The summed E-state index contributed by atoms with van der Waals surface area (Å²) in [6, 6.07) is 0. The van der Waals surface area contributed by atoms with E-state index in [2.05, 4.69) is 31.8 Å². The first-order chi connectivity index (χ1) is 5.79. The zero-order valence-corrected chi connectivity index (χ0v) is 11.8. The van der Waals surface area contributed by atoms with Crippen LogP contribution in [0.2, 0.25) is 4.34 Å². The van der Waals surface area contributed by atoms with Crippen molar-refractivity contribution in [3.63, 3.8) is 0 Å². The van der Waals surface area contributed by atoms with Crippen LogP contribution < -0.4 is 29.6 Å². The number of hydrogen-bond acceptors (Lipinski definition) is 7. The Labute approximate surface area is 116 Å². The summed E-state index contributed by atoms with van der Waals surface area (Å²) in [6.45, 7) is 0. The van der Waals surface area contributed by atoms with Gasteiger partial charge in [0.05, 0.1) is 6.20 Å². The van der Waals surface area contributed by atoms with Crippen LogP contribution in [0, 0.1) is 0 Å². The van der Waals surface area contributed by atoms with E-state index in [1.165, 1.54) is 29.3 Å². The zero-order valence-electron chi connectivity index (χ0n) is 6.55. The molecule has 2 aromatic heterocycles. The fourth-order valence-electron chi connectivity index (χ4n) is 0.313. The van der Waals surface area contributed by atoms with Crippen molar-refractivity contribution in [1.29, 1.82) is 0 Å². The van der Waals surface area contributed by atoms with Gasteiger partial charge in [-0.1, -0.05) is 20.3 Å². The molecule has 0 atom stereocenters. The molecule has 0 radical (unpaired) electrons. The Balaban J connectivity index is 0.000000206. The summed E-state index contributed by atoms with van der Waals surface area (Å²) in [5, 5.41) is 6.94. The van der Waals surface area contributed by atoms with Gasteiger partial charge in [0.15, 0.2) is 0 Å². The van der Waals surface area contributed by atoms with Crippen molar-refractivity contribution in [3.05, 3.63) is 16.7 Å². The van der Waals surface area contributed by atoms with E-state index in [-0.39, 0.29) is 29.6 Å². The van der Waals surface area contributed by atoms with Crippen LogP contribution in [0.5, 0.6) is 0 Å². The molecule has 0 unspecified atom stereocenters. The molecule has 0 aliphatic heterocycles. The maximum Gasteiger partial charge on any atom is 1.00 e. The van der Waals surface area contributed by atoms with Gasteiger partial charge in [0.1, 0.15) is 4.34 Å². The molecule has 0 bridgehead atoms. The fraction of sp³-hybridized carbons (Fsp3) is 0. The summed E-state index contributed by atoms with van der Waals surface area (Å²) in [6.07, 6.45) is 3.06. The van der Waals surface area contributed by atoms with Gasteiger partial charge in [-0.2, -0.15) is 5.10 Å². The van der Waals surface area contributed by atoms with E-state index in [1.807, 2.05) is 0 Å². The Morgan fingerprint density at radius 1 is 1.15 bits per heavy atom. The van der Waals surface area contributed by atoms with Crippen molar-refractivity contribution in [1.82, 2.24) is 19.2 Å². The van der Waals surface area contributed by atoms with Crippen LogP contribution in [-0.4, -0.2) is 19.2 Å². The van der Waals surface area contributed by atoms with Crippen LogP contribution >= 0.6 is 34.7 Å². The van der Waals surface area contributed by atoms with E-state index in [0.717, 1.165) is 4.21 Å². The van der Waals surface area contributed by atoms with Crippen LogP contribution in [0.25, 0.3) is 0 Å². The summed E-state index contributed by atoms with van der Waals surface area (Å²) in [5.41, 5.74) is 0. The van der Waals surface area contributed by atoms with Gasteiger partial charge in [-0.05, 0) is 0 Å². The molecular formula is C4H2ClN4NaS3. The van der Waals surface area contributed by atoms with Crippen molar-refractivity contribution in [2.45, 2.75) is 4.21 Å². The second kappa shape index (κ2) is 7.98. The molecule has 9 heteroatoms. The van der Waals surface area contributed by atoms with Crippen molar-refractivity contribution >= 4 is 47.3 Å². The molecule has 2 heterocycles. The number of rotatable bonds is 0. The molecule has 2 rings (SSSR count). The minimum Gasteiger partial charge on any atom is -0.425 e. The molecule has 13 heavy (non-hydrogen) atoms. The number of aromatic nitrogens is 4. The summed E-state index contributed by atoms with van der Waals surface area (Å²) in [5.74, 6) is 0. The molecule has 2 aromatic rings. The Bertz CT molecular complexity index is 267. The second-order valence-corrected chi connectivity index (χ2v) is 4.36. The molecule has 64 valence electrons. The molecule has 0 N–H and O–H groups in total. The third-order valence-electron chi connectivity index (χ3n) is 0.675. The number of hydrogen-bond donors (Lipinski definition) is 0. The van der Waals surface area contributed by atoms with Crippen molar-refractivity contribution in [3.8, 4) is 0 Å². The number of nitrogens with zero attached hydrogens (tertiary/aromatic N) is 4. The Morgan fingerprint density at radius 3 is 1.92 bits per heavy atom. The van der Waals surface area contributed by atoms with E-state index in [1.54, 1.807) is 6.20 Å². The largest absolute Gasteiger partial charge is 1.00 e. The Hall–Kier alpha value is 0.630. The van der Waals surface area contributed by atoms with E-state index < -0.39 is 0 Å². The smallest absolute Gasteiger partial charge is 0.425 e. The third kappa shape index (κ3) is 6.67. The standard InChI is InChI=1S/C2HClN2S.C2H2N2S2.Na/c3-2-1-4-5-6-2;5-2-1-3-4-6-2;/h1H;1,5H;/q;;+1/p-1. The molecule has 0 fully saturated rings. The third-order valence-corrected chi connectivity index (χ3v) is 2.23. The average molecular weight is 261 g/mol. The number of halogens is 1. The van der Waals surface area contributed by atoms with Crippen molar-refractivity contribution in [2.75, 3.05) is 0 Å². The van der Waals surface area contributed by atoms with Gasteiger partial charge in [-0.25, -0.2) is 16.0 Å². The van der Waals surface area contributed by atoms with Crippen LogP contribution in [0.3, 0.4) is 0 Å². The Morgan fingerprint density at radius 2 is 1.77 bits per heavy atom. The normalized spacial score (nSPS) is 8.08. The minimum atomic E-state index is 0. The topological polar surface area (TPSA) is 51.6 Å². The monoisotopic (exact) mass is 260 g/mol.